The van der Waals surface area contributed by atoms with E-state index < -0.39 is 0 Å². The van der Waals surface area contributed by atoms with E-state index in [0.717, 1.165) is 42.4 Å². The van der Waals surface area contributed by atoms with Crippen molar-refractivity contribution in [3.63, 3.8) is 0 Å². The van der Waals surface area contributed by atoms with Crippen molar-refractivity contribution in [3.8, 4) is 0 Å². The van der Waals surface area contributed by atoms with Gasteiger partial charge in [0.1, 0.15) is 0 Å². The normalized spacial score (nSPS) is 17.5. The van der Waals surface area contributed by atoms with Gasteiger partial charge >= 0.3 is 0 Å². The molecule has 2 amide bonds. The fraction of sp³-hybridized carbons (Fsp3) is 0.515. The van der Waals surface area contributed by atoms with E-state index in [1.54, 1.807) is 0 Å². The lowest BCUT2D eigenvalue weighted by Crippen LogP contribution is -2.41. The zero-order valence-corrected chi connectivity index (χ0v) is 22.3. The van der Waals surface area contributed by atoms with Gasteiger partial charge in [-0.05, 0) is 56.2 Å². The molecule has 0 atom stereocenters. The first-order chi connectivity index (χ1) is 18.2. The predicted molar refractivity (Wildman–Crippen MR) is 153 cm³/mol. The number of hydrogen-bond acceptors (Lipinski definition) is 3. The lowest BCUT2D eigenvalue weighted by molar-refractivity contribution is 0.0607. The number of anilines is 1. The predicted octanol–water partition coefficient (Wildman–Crippen LogP) is 8.07. The van der Waals surface area contributed by atoms with Crippen molar-refractivity contribution < 1.29 is 9.59 Å². The van der Waals surface area contributed by atoms with Gasteiger partial charge in [-0.1, -0.05) is 87.8 Å². The molecule has 2 aromatic rings. The van der Waals surface area contributed by atoms with E-state index in [1.807, 2.05) is 18.2 Å². The Morgan fingerprint density at radius 1 is 0.676 bits per heavy atom. The number of carbonyl (C=O) groups is 2. The first kappa shape index (κ1) is 25.8. The van der Waals surface area contributed by atoms with E-state index in [2.05, 4.69) is 41.3 Å². The van der Waals surface area contributed by atoms with Crippen molar-refractivity contribution >= 4 is 28.3 Å². The van der Waals surface area contributed by atoms with Crippen LogP contribution in [0.5, 0.6) is 0 Å². The smallest absolute Gasteiger partial charge is 0.261 e. The first-order valence-corrected chi connectivity index (χ1v) is 14.8. The van der Waals surface area contributed by atoms with Crippen molar-refractivity contribution in [1.29, 1.82) is 0 Å². The number of hydrogen-bond donors (Lipinski definition) is 0. The van der Waals surface area contributed by atoms with Crippen LogP contribution in [0.1, 0.15) is 104 Å². The Hall–Kier alpha value is -2.88. The Balaban J connectivity index is 1.07. The van der Waals surface area contributed by atoms with Gasteiger partial charge in [-0.15, -0.1) is 0 Å². The van der Waals surface area contributed by atoms with Gasteiger partial charge in [0.2, 0.25) is 0 Å². The summed E-state index contributed by atoms with van der Waals surface area (Å²) in [6.45, 7) is 2.61. The first-order valence-electron chi connectivity index (χ1n) is 14.8. The largest absolute Gasteiger partial charge is 0.371 e. The molecule has 4 nitrogen and oxygen atoms in total. The third-order valence-electron chi connectivity index (χ3n) is 8.41. The number of nitrogens with zero attached hydrogens (tertiary/aromatic N) is 2. The number of rotatable bonds is 13. The molecule has 0 bridgehead atoms. The molecule has 5 rings (SSSR count). The summed E-state index contributed by atoms with van der Waals surface area (Å²) in [7, 11) is 0. The summed E-state index contributed by atoms with van der Waals surface area (Å²) in [4.78, 5) is 30.6. The highest BCUT2D eigenvalue weighted by atomic mass is 16.2. The molecule has 2 aliphatic heterocycles. The topological polar surface area (TPSA) is 40.6 Å². The Morgan fingerprint density at radius 2 is 1.30 bits per heavy atom. The van der Waals surface area contributed by atoms with Crippen LogP contribution < -0.4 is 4.90 Å². The Morgan fingerprint density at radius 3 is 2.00 bits per heavy atom. The lowest BCUT2D eigenvalue weighted by Gasteiger charge is -2.32. The fourth-order valence-corrected chi connectivity index (χ4v) is 6.30. The van der Waals surface area contributed by atoms with Crippen LogP contribution in [0.3, 0.4) is 0 Å². The summed E-state index contributed by atoms with van der Waals surface area (Å²) >= 11 is 0. The molecule has 3 aliphatic rings. The third kappa shape index (κ3) is 6.00. The summed E-state index contributed by atoms with van der Waals surface area (Å²) < 4.78 is 0. The zero-order chi connectivity index (χ0) is 25.5. The third-order valence-corrected chi connectivity index (χ3v) is 8.41. The highest BCUT2D eigenvalue weighted by Gasteiger charge is 2.33. The van der Waals surface area contributed by atoms with Crippen LogP contribution in [0.25, 0.3) is 10.8 Å². The Bertz CT molecular complexity index is 1120. The van der Waals surface area contributed by atoms with Crippen LogP contribution in [-0.2, 0) is 0 Å². The van der Waals surface area contributed by atoms with E-state index >= 15 is 0 Å². The highest BCUT2D eigenvalue weighted by Crippen LogP contribution is 2.37. The van der Waals surface area contributed by atoms with Crippen molar-refractivity contribution in [2.24, 2.45) is 5.92 Å². The SMILES string of the molecule is O=C1c2cccc3c(N4CCCCC4)ccc(c23)C(=O)N1CCCCCCCCCCCC1C=CC=C1. The zero-order valence-electron chi connectivity index (χ0n) is 22.3. The maximum Gasteiger partial charge on any atom is 0.261 e. The average molecular weight is 499 g/mol. The van der Waals surface area contributed by atoms with E-state index in [-0.39, 0.29) is 11.8 Å². The van der Waals surface area contributed by atoms with Crippen molar-refractivity contribution in [1.82, 2.24) is 4.90 Å². The Kier molecular flexibility index (Phi) is 8.76. The molecule has 0 unspecified atom stereocenters. The van der Waals surface area contributed by atoms with Crippen LogP contribution in [0.15, 0.2) is 54.6 Å². The summed E-state index contributed by atoms with van der Waals surface area (Å²) in [6, 6.07) is 10.0. The molecule has 0 N–H and O–H groups in total. The monoisotopic (exact) mass is 498 g/mol. The molecular formula is C33H42N2O2. The van der Waals surface area contributed by atoms with Crippen molar-refractivity contribution in [2.45, 2.75) is 83.5 Å². The van der Waals surface area contributed by atoms with E-state index in [9.17, 15) is 9.59 Å². The molecule has 37 heavy (non-hydrogen) atoms. The highest BCUT2D eigenvalue weighted by molar-refractivity contribution is 6.26. The number of amides is 2. The van der Waals surface area contributed by atoms with E-state index in [4.69, 9.17) is 0 Å². The van der Waals surface area contributed by atoms with Crippen LogP contribution in [-0.4, -0.2) is 36.3 Å². The van der Waals surface area contributed by atoms with Crippen LogP contribution in [0, 0.1) is 5.92 Å². The lowest BCUT2D eigenvalue weighted by atomic mass is 9.92. The second-order valence-electron chi connectivity index (χ2n) is 11.1. The van der Waals surface area contributed by atoms with Gasteiger partial charge in [0.05, 0.1) is 0 Å². The number of allylic oxidation sites excluding steroid dienone is 4. The maximum absolute atomic E-state index is 13.4. The van der Waals surface area contributed by atoms with Crippen molar-refractivity contribution in [2.75, 3.05) is 24.5 Å². The van der Waals surface area contributed by atoms with Crippen LogP contribution >= 0.6 is 0 Å². The fourth-order valence-electron chi connectivity index (χ4n) is 6.30. The number of piperidine rings is 1. The number of imide groups is 1. The molecule has 4 heteroatoms. The van der Waals surface area contributed by atoms with Gasteiger partial charge in [0.25, 0.3) is 11.8 Å². The molecule has 0 aromatic heterocycles. The van der Waals surface area contributed by atoms with E-state index in [0.29, 0.717) is 23.6 Å². The standard InChI is InChI=1S/C33H42N2O2/c36-32-28-20-15-19-27-30(34-23-12-8-13-24-34)22-21-29(31(27)28)33(37)35(32)25-14-7-5-3-1-2-4-6-9-16-26-17-10-11-18-26/h10-11,15,17-22,26H,1-9,12-14,16,23-25H2. The number of unbranched alkanes of at least 4 members (excludes halogenated alkanes) is 8. The van der Waals surface area contributed by atoms with Gasteiger partial charge in [0, 0.05) is 47.2 Å². The second kappa shape index (κ2) is 12.6. The van der Waals surface area contributed by atoms with Gasteiger partial charge < -0.3 is 4.90 Å². The summed E-state index contributed by atoms with van der Waals surface area (Å²) in [5.41, 5.74) is 2.54. The number of carbonyl (C=O) groups excluding carboxylic acids is 2. The average Bonchev–Trinajstić information content (AvgIpc) is 3.46. The summed E-state index contributed by atoms with van der Waals surface area (Å²) in [5.74, 6) is 0.432. The van der Waals surface area contributed by atoms with E-state index in [1.165, 1.54) is 75.5 Å². The minimum Gasteiger partial charge on any atom is -0.371 e. The van der Waals surface area contributed by atoms with Crippen molar-refractivity contribution in [3.05, 3.63) is 65.8 Å². The molecule has 0 saturated carbocycles. The quantitative estimate of drug-likeness (QED) is 0.207. The van der Waals surface area contributed by atoms with Crippen LogP contribution in [0.2, 0.25) is 0 Å². The molecule has 1 saturated heterocycles. The summed E-state index contributed by atoms with van der Waals surface area (Å²) in [5, 5.41) is 1.90. The van der Waals surface area contributed by atoms with Gasteiger partial charge in [-0.25, -0.2) is 0 Å². The Labute approximate surface area is 222 Å². The minimum absolute atomic E-state index is 0.123. The molecule has 196 valence electrons. The molecule has 0 radical (unpaired) electrons. The molecule has 0 spiro atoms. The molecule has 2 heterocycles. The molecule has 2 aromatic carbocycles. The molecular weight excluding hydrogens is 456 g/mol. The van der Waals surface area contributed by atoms with Gasteiger partial charge in [-0.2, -0.15) is 0 Å². The van der Waals surface area contributed by atoms with Crippen LogP contribution in [0.4, 0.5) is 5.69 Å². The second-order valence-corrected chi connectivity index (χ2v) is 11.1. The molecule has 1 aliphatic carbocycles. The van der Waals surface area contributed by atoms with Gasteiger partial charge in [0.15, 0.2) is 0 Å². The molecule has 1 fully saturated rings. The number of benzene rings is 2. The summed E-state index contributed by atoms with van der Waals surface area (Å²) in [6.07, 6.45) is 24.9. The van der Waals surface area contributed by atoms with Gasteiger partial charge in [-0.3, -0.25) is 14.5 Å². The maximum atomic E-state index is 13.4. The minimum atomic E-state index is -0.123.